The van der Waals surface area contributed by atoms with Gasteiger partial charge in [-0.2, -0.15) is 0 Å². The van der Waals surface area contributed by atoms with E-state index in [0.717, 1.165) is 0 Å². The number of hydrogen-bond donors (Lipinski definition) is 0. The summed E-state index contributed by atoms with van der Waals surface area (Å²) in [6.45, 7) is 14.9. The van der Waals surface area contributed by atoms with E-state index in [1.807, 2.05) is 25.1 Å². The van der Waals surface area contributed by atoms with Gasteiger partial charge >= 0.3 is 5.97 Å². The van der Waals surface area contributed by atoms with Gasteiger partial charge in [0, 0.05) is 5.92 Å². The van der Waals surface area contributed by atoms with E-state index in [9.17, 15) is 4.79 Å². The Balaban J connectivity index is 1.79. The molecule has 2 saturated heterocycles. The highest BCUT2D eigenvalue weighted by Crippen LogP contribution is 2.38. The lowest BCUT2D eigenvalue weighted by molar-refractivity contribution is -0.307. The van der Waals surface area contributed by atoms with Crippen LogP contribution < -0.4 is 0 Å². The molecule has 0 N–H and O–H groups in total. The molecule has 2 fully saturated rings. The maximum Gasteiger partial charge on any atom is 0.338 e. The molecule has 0 aromatic heterocycles. The Labute approximate surface area is 175 Å². The number of hydrogen-bond acceptors (Lipinski definition) is 5. The molecule has 0 saturated carbocycles. The fraction of sp³-hybridized carbons (Fsp3) is 0.708. The second-order valence-electron chi connectivity index (χ2n) is 9.03. The third kappa shape index (κ3) is 4.68. The second kappa shape index (κ2) is 9.15. The lowest BCUT2D eigenvalue weighted by Gasteiger charge is -2.48. The first-order valence-corrected chi connectivity index (χ1v) is 10.9. The molecular weight excluding hydrogens is 368 g/mol. The summed E-state index contributed by atoms with van der Waals surface area (Å²) in [5.74, 6) is 0.707. The van der Waals surface area contributed by atoms with E-state index in [1.54, 1.807) is 12.1 Å². The molecular formula is C24H36O5. The predicted octanol–water partition coefficient (Wildman–Crippen LogP) is 4.69. The minimum Gasteiger partial charge on any atom is -0.453 e. The quantitative estimate of drug-likeness (QED) is 0.681. The summed E-state index contributed by atoms with van der Waals surface area (Å²) in [6.07, 6.45) is -1.03. The molecule has 2 heterocycles. The molecule has 4 unspecified atom stereocenters. The maximum absolute atomic E-state index is 12.8. The van der Waals surface area contributed by atoms with Gasteiger partial charge in [0.05, 0.1) is 30.0 Å². The molecule has 162 valence electrons. The van der Waals surface area contributed by atoms with Crippen molar-refractivity contribution in [2.24, 2.45) is 23.7 Å². The second-order valence-corrected chi connectivity index (χ2v) is 9.03. The van der Waals surface area contributed by atoms with Gasteiger partial charge in [0.25, 0.3) is 0 Å². The van der Waals surface area contributed by atoms with E-state index in [2.05, 4.69) is 41.5 Å². The van der Waals surface area contributed by atoms with Crippen molar-refractivity contribution in [3.63, 3.8) is 0 Å². The fourth-order valence-corrected chi connectivity index (χ4v) is 4.51. The zero-order chi connectivity index (χ0) is 21.3. The molecule has 0 bridgehead atoms. The number of carbonyl (C=O) groups excluding carboxylic acids is 1. The molecule has 10 atom stereocenters. The van der Waals surface area contributed by atoms with Crippen molar-refractivity contribution >= 4 is 5.97 Å². The van der Waals surface area contributed by atoms with Crippen LogP contribution in [0, 0.1) is 23.7 Å². The van der Waals surface area contributed by atoms with Crippen LogP contribution in [0.2, 0.25) is 0 Å². The highest BCUT2D eigenvalue weighted by atomic mass is 16.7. The molecule has 0 aliphatic carbocycles. The van der Waals surface area contributed by atoms with Crippen molar-refractivity contribution in [3.05, 3.63) is 35.9 Å². The summed E-state index contributed by atoms with van der Waals surface area (Å²) in [6, 6.07) is 9.08. The molecule has 0 spiro atoms. The van der Waals surface area contributed by atoms with E-state index in [4.69, 9.17) is 18.9 Å². The topological polar surface area (TPSA) is 54.0 Å². The van der Waals surface area contributed by atoms with Gasteiger partial charge in [0.15, 0.2) is 12.4 Å². The van der Waals surface area contributed by atoms with Crippen LogP contribution in [0.25, 0.3) is 0 Å². The van der Waals surface area contributed by atoms with Crippen molar-refractivity contribution in [1.29, 1.82) is 0 Å². The molecule has 29 heavy (non-hydrogen) atoms. The number of carbonyl (C=O) groups is 1. The largest absolute Gasteiger partial charge is 0.453 e. The third-order valence-electron chi connectivity index (χ3n) is 7.23. The minimum absolute atomic E-state index is 0.0214. The van der Waals surface area contributed by atoms with Crippen LogP contribution in [0.1, 0.15) is 58.8 Å². The smallest absolute Gasteiger partial charge is 0.338 e. The predicted molar refractivity (Wildman–Crippen MR) is 112 cm³/mol. The van der Waals surface area contributed by atoms with Crippen molar-refractivity contribution in [2.45, 2.75) is 85.3 Å². The normalized spacial score (nSPS) is 43.0. The zero-order valence-corrected chi connectivity index (χ0v) is 18.7. The average molecular weight is 405 g/mol. The van der Waals surface area contributed by atoms with Crippen LogP contribution in [-0.2, 0) is 18.9 Å². The van der Waals surface area contributed by atoms with Crippen LogP contribution in [-0.4, -0.2) is 42.8 Å². The number of ether oxygens (including phenoxy) is 4. The van der Waals surface area contributed by atoms with E-state index < -0.39 is 12.4 Å². The summed E-state index contributed by atoms with van der Waals surface area (Å²) in [4.78, 5) is 12.8. The summed E-state index contributed by atoms with van der Waals surface area (Å²) in [7, 11) is 0. The molecule has 5 heteroatoms. The van der Waals surface area contributed by atoms with Crippen LogP contribution in [0.5, 0.6) is 0 Å². The van der Waals surface area contributed by atoms with Crippen LogP contribution in [0.3, 0.4) is 0 Å². The highest BCUT2D eigenvalue weighted by molar-refractivity contribution is 5.89. The van der Waals surface area contributed by atoms with Gasteiger partial charge in [-0.1, -0.05) is 45.9 Å². The summed E-state index contributed by atoms with van der Waals surface area (Å²) in [5, 5.41) is 0. The van der Waals surface area contributed by atoms with Crippen molar-refractivity contribution in [1.82, 2.24) is 0 Å². The Bertz CT molecular complexity index is 677. The minimum atomic E-state index is -0.608. The summed E-state index contributed by atoms with van der Waals surface area (Å²) >= 11 is 0. The van der Waals surface area contributed by atoms with Gasteiger partial charge in [-0.25, -0.2) is 4.79 Å². The first kappa shape index (κ1) is 22.3. The Morgan fingerprint density at radius 2 is 1.28 bits per heavy atom. The summed E-state index contributed by atoms with van der Waals surface area (Å²) < 4.78 is 24.8. The average Bonchev–Trinajstić information content (AvgIpc) is 2.71. The number of rotatable bonds is 4. The molecule has 0 amide bonds. The SMILES string of the molecule is CC1O[C@@H](OC2[C@H](C)OC(C)[C@H](C)[C@@H]2C)C(OC(=O)c2ccccc2)[C@@H](C)[C@H]1C. The van der Waals surface area contributed by atoms with Crippen molar-refractivity contribution in [3.8, 4) is 0 Å². The van der Waals surface area contributed by atoms with Gasteiger partial charge < -0.3 is 18.9 Å². The summed E-state index contributed by atoms with van der Waals surface area (Å²) in [5.41, 5.74) is 0.537. The van der Waals surface area contributed by atoms with Crippen LogP contribution in [0.4, 0.5) is 0 Å². The van der Waals surface area contributed by atoms with Crippen LogP contribution >= 0.6 is 0 Å². The first-order chi connectivity index (χ1) is 13.7. The van der Waals surface area contributed by atoms with E-state index >= 15 is 0 Å². The Morgan fingerprint density at radius 1 is 0.724 bits per heavy atom. The highest BCUT2D eigenvalue weighted by Gasteiger charge is 2.47. The van der Waals surface area contributed by atoms with Gasteiger partial charge in [-0.05, 0) is 50.7 Å². The third-order valence-corrected chi connectivity index (χ3v) is 7.23. The molecule has 3 rings (SSSR count). The van der Waals surface area contributed by atoms with Crippen LogP contribution in [0.15, 0.2) is 30.3 Å². The molecule has 0 radical (unpaired) electrons. The fourth-order valence-electron chi connectivity index (χ4n) is 4.51. The van der Waals surface area contributed by atoms with Crippen molar-refractivity contribution in [2.75, 3.05) is 0 Å². The number of benzene rings is 1. The lowest BCUT2D eigenvalue weighted by Crippen LogP contribution is -2.56. The van der Waals surface area contributed by atoms with E-state index in [0.29, 0.717) is 17.4 Å². The molecule has 2 aliphatic rings. The van der Waals surface area contributed by atoms with E-state index in [1.165, 1.54) is 0 Å². The van der Waals surface area contributed by atoms with Gasteiger partial charge in [-0.15, -0.1) is 0 Å². The maximum atomic E-state index is 12.8. The number of esters is 1. The molecule has 1 aromatic carbocycles. The standard InChI is InChI=1S/C24H36O5/c1-13-15(3)21(19(7)26-17(13)5)29-24-22(16(4)14(2)18(6)27-24)28-23(25)20-11-9-8-10-12-20/h8-19,21-22,24H,1-7H3/t13-,14-,15+,16+,17?,18?,19+,21?,22?,24+/m1/s1. The van der Waals surface area contributed by atoms with Gasteiger partial charge in [0.1, 0.15) is 0 Å². The van der Waals surface area contributed by atoms with Gasteiger partial charge in [-0.3, -0.25) is 0 Å². The Kier molecular flexibility index (Phi) is 7.02. The van der Waals surface area contributed by atoms with E-state index in [-0.39, 0.29) is 42.2 Å². The zero-order valence-electron chi connectivity index (χ0n) is 18.7. The molecule has 2 aliphatic heterocycles. The first-order valence-electron chi connectivity index (χ1n) is 10.9. The molecule has 1 aromatic rings. The lowest BCUT2D eigenvalue weighted by atomic mass is 9.81. The molecule has 5 nitrogen and oxygen atoms in total. The van der Waals surface area contributed by atoms with Crippen molar-refractivity contribution < 1.29 is 23.7 Å². The Morgan fingerprint density at radius 3 is 1.90 bits per heavy atom. The Hall–Kier alpha value is -1.43. The van der Waals surface area contributed by atoms with Gasteiger partial charge in [0.2, 0.25) is 0 Å². The monoisotopic (exact) mass is 404 g/mol.